The Morgan fingerprint density at radius 2 is 1.77 bits per heavy atom. The SMILES string of the molecule is COc1cc(OC)cc(C(=O)Nc2nnc(CSc3ccccc3)s2)c1. The largest absolute Gasteiger partial charge is 0.497 e. The van der Waals surface area contributed by atoms with Crippen LogP contribution in [0.25, 0.3) is 0 Å². The highest BCUT2D eigenvalue weighted by atomic mass is 32.2. The van der Waals surface area contributed by atoms with E-state index in [1.54, 1.807) is 30.0 Å². The van der Waals surface area contributed by atoms with Crippen LogP contribution in [0.15, 0.2) is 53.4 Å². The molecular weight excluding hydrogens is 370 g/mol. The normalized spacial score (nSPS) is 10.4. The second-order valence-electron chi connectivity index (χ2n) is 5.16. The van der Waals surface area contributed by atoms with Crippen molar-refractivity contribution >= 4 is 34.1 Å². The van der Waals surface area contributed by atoms with E-state index in [-0.39, 0.29) is 5.91 Å². The Labute approximate surface area is 159 Å². The van der Waals surface area contributed by atoms with Gasteiger partial charge in [0.1, 0.15) is 16.5 Å². The summed E-state index contributed by atoms with van der Waals surface area (Å²) < 4.78 is 10.4. The molecule has 8 heteroatoms. The van der Waals surface area contributed by atoms with Crippen molar-refractivity contribution in [1.29, 1.82) is 0 Å². The van der Waals surface area contributed by atoms with Crippen LogP contribution in [0, 0.1) is 0 Å². The molecule has 0 fully saturated rings. The van der Waals surface area contributed by atoms with Gasteiger partial charge in [0.05, 0.1) is 20.0 Å². The van der Waals surface area contributed by atoms with Gasteiger partial charge >= 0.3 is 0 Å². The summed E-state index contributed by atoms with van der Waals surface area (Å²) in [5.41, 5.74) is 0.427. The summed E-state index contributed by atoms with van der Waals surface area (Å²) >= 11 is 3.03. The molecule has 3 aromatic rings. The minimum atomic E-state index is -0.291. The van der Waals surface area contributed by atoms with Gasteiger partial charge in [-0.2, -0.15) is 0 Å². The maximum absolute atomic E-state index is 12.5. The first-order chi connectivity index (χ1) is 12.7. The average Bonchev–Trinajstić information content (AvgIpc) is 3.14. The summed E-state index contributed by atoms with van der Waals surface area (Å²) in [4.78, 5) is 13.6. The fourth-order valence-corrected chi connectivity index (χ4v) is 3.77. The Morgan fingerprint density at radius 1 is 1.08 bits per heavy atom. The van der Waals surface area contributed by atoms with Crippen LogP contribution in [0.1, 0.15) is 15.4 Å². The van der Waals surface area contributed by atoms with Crippen LogP contribution in [-0.4, -0.2) is 30.3 Å². The molecule has 0 aliphatic carbocycles. The van der Waals surface area contributed by atoms with Crippen molar-refractivity contribution in [2.75, 3.05) is 19.5 Å². The minimum Gasteiger partial charge on any atom is -0.497 e. The Morgan fingerprint density at radius 3 is 2.42 bits per heavy atom. The quantitative estimate of drug-likeness (QED) is 0.615. The number of nitrogens with zero attached hydrogens (tertiary/aromatic N) is 2. The standard InChI is InChI=1S/C18H17N3O3S2/c1-23-13-8-12(9-14(10-13)24-2)17(22)19-18-21-20-16(26-18)11-25-15-6-4-3-5-7-15/h3-10H,11H2,1-2H3,(H,19,21,22). The number of hydrogen-bond donors (Lipinski definition) is 1. The summed E-state index contributed by atoms with van der Waals surface area (Å²) in [5.74, 6) is 1.50. The number of thioether (sulfide) groups is 1. The average molecular weight is 387 g/mol. The van der Waals surface area contributed by atoms with E-state index in [9.17, 15) is 4.79 Å². The summed E-state index contributed by atoms with van der Waals surface area (Å²) in [5, 5.41) is 12.2. The second kappa shape index (κ2) is 8.68. The third-order valence-electron chi connectivity index (χ3n) is 3.41. The van der Waals surface area contributed by atoms with Gasteiger partial charge in [0.15, 0.2) is 0 Å². The van der Waals surface area contributed by atoms with E-state index in [1.165, 1.54) is 25.6 Å². The number of anilines is 1. The summed E-state index contributed by atoms with van der Waals surface area (Å²) in [7, 11) is 3.08. The Kier molecular flexibility index (Phi) is 6.08. The fourth-order valence-electron chi connectivity index (χ4n) is 2.13. The number of hydrogen-bond acceptors (Lipinski definition) is 7. The number of amides is 1. The molecule has 0 spiro atoms. The highest BCUT2D eigenvalue weighted by Gasteiger charge is 2.13. The number of ether oxygens (including phenoxy) is 2. The number of benzene rings is 2. The zero-order chi connectivity index (χ0) is 18.4. The molecule has 0 atom stereocenters. The molecule has 0 saturated heterocycles. The van der Waals surface area contributed by atoms with Gasteiger partial charge in [0, 0.05) is 16.5 Å². The van der Waals surface area contributed by atoms with E-state index in [0.717, 1.165) is 9.90 Å². The van der Waals surface area contributed by atoms with Crippen LogP contribution in [0.4, 0.5) is 5.13 Å². The lowest BCUT2D eigenvalue weighted by molar-refractivity contribution is 0.102. The Hall–Kier alpha value is -2.58. The Bertz CT molecular complexity index is 862. The second-order valence-corrected chi connectivity index (χ2v) is 7.27. The molecule has 0 unspecified atom stereocenters. The van der Waals surface area contributed by atoms with Gasteiger partial charge in [-0.15, -0.1) is 22.0 Å². The first-order valence-electron chi connectivity index (χ1n) is 7.72. The van der Waals surface area contributed by atoms with Crippen LogP contribution in [0.3, 0.4) is 0 Å². The lowest BCUT2D eigenvalue weighted by Crippen LogP contribution is -2.12. The van der Waals surface area contributed by atoms with Crippen LogP contribution < -0.4 is 14.8 Å². The van der Waals surface area contributed by atoms with Crippen LogP contribution in [0.5, 0.6) is 11.5 Å². The molecule has 0 radical (unpaired) electrons. The van der Waals surface area contributed by atoms with Gasteiger partial charge in [-0.05, 0) is 24.3 Å². The molecule has 2 aromatic carbocycles. The van der Waals surface area contributed by atoms with Crippen molar-refractivity contribution in [2.24, 2.45) is 0 Å². The van der Waals surface area contributed by atoms with E-state index in [2.05, 4.69) is 15.5 Å². The topological polar surface area (TPSA) is 73.3 Å². The number of nitrogens with one attached hydrogen (secondary N) is 1. The van der Waals surface area contributed by atoms with E-state index in [0.29, 0.717) is 27.9 Å². The molecule has 0 saturated carbocycles. The maximum Gasteiger partial charge on any atom is 0.257 e. The third kappa shape index (κ3) is 4.74. The maximum atomic E-state index is 12.5. The molecule has 1 aromatic heterocycles. The molecule has 0 aliphatic heterocycles. The molecule has 26 heavy (non-hydrogen) atoms. The summed E-state index contributed by atoms with van der Waals surface area (Å²) in [6.07, 6.45) is 0. The zero-order valence-electron chi connectivity index (χ0n) is 14.3. The smallest absolute Gasteiger partial charge is 0.257 e. The molecular formula is C18H17N3O3S2. The number of aromatic nitrogens is 2. The van der Waals surface area contributed by atoms with Crippen molar-refractivity contribution in [3.63, 3.8) is 0 Å². The summed E-state index contributed by atoms with van der Waals surface area (Å²) in [6.45, 7) is 0. The van der Waals surface area contributed by atoms with E-state index in [1.807, 2.05) is 30.3 Å². The predicted octanol–water partition coefficient (Wildman–Crippen LogP) is 4.10. The first kappa shape index (κ1) is 18.2. The number of methoxy groups -OCH3 is 2. The molecule has 1 N–H and O–H groups in total. The fraction of sp³-hybridized carbons (Fsp3) is 0.167. The van der Waals surface area contributed by atoms with E-state index >= 15 is 0 Å². The number of carbonyl (C=O) groups excluding carboxylic acids is 1. The molecule has 0 bridgehead atoms. The Balaban J connectivity index is 1.64. The summed E-state index contributed by atoms with van der Waals surface area (Å²) in [6, 6.07) is 15.1. The monoisotopic (exact) mass is 387 g/mol. The van der Waals surface area contributed by atoms with Crippen molar-refractivity contribution in [1.82, 2.24) is 10.2 Å². The van der Waals surface area contributed by atoms with Crippen molar-refractivity contribution < 1.29 is 14.3 Å². The van der Waals surface area contributed by atoms with Gasteiger partial charge in [-0.3, -0.25) is 10.1 Å². The van der Waals surface area contributed by atoms with Gasteiger partial charge < -0.3 is 9.47 Å². The molecule has 3 rings (SSSR count). The highest BCUT2D eigenvalue weighted by Crippen LogP contribution is 2.27. The van der Waals surface area contributed by atoms with Crippen LogP contribution in [0.2, 0.25) is 0 Å². The third-order valence-corrected chi connectivity index (χ3v) is 5.45. The van der Waals surface area contributed by atoms with Gasteiger partial charge in [-0.25, -0.2) is 0 Å². The van der Waals surface area contributed by atoms with Crippen LogP contribution >= 0.6 is 23.1 Å². The lowest BCUT2D eigenvalue weighted by atomic mass is 10.2. The van der Waals surface area contributed by atoms with Gasteiger partial charge in [-0.1, -0.05) is 29.5 Å². The first-order valence-corrected chi connectivity index (χ1v) is 9.53. The molecule has 6 nitrogen and oxygen atoms in total. The highest BCUT2D eigenvalue weighted by molar-refractivity contribution is 7.98. The van der Waals surface area contributed by atoms with Gasteiger partial charge in [0.2, 0.25) is 5.13 Å². The van der Waals surface area contributed by atoms with E-state index < -0.39 is 0 Å². The molecule has 0 aliphatic rings. The molecule has 134 valence electrons. The zero-order valence-corrected chi connectivity index (χ0v) is 15.9. The van der Waals surface area contributed by atoms with Crippen molar-refractivity contribution in [2.45, 2.75) is 10.6 Å². The van der Waals surface area contributed by atoms with Gasteiger partial charge in [0.25, 0.3) is 5.91 Å². The van der Waals surface area contributed by atoms with E-state index in [4.69, 9.17) is 9.47 Å². The molecule has 1 heterocycles. The number of rotatable bonds is 7. The predicted molar refractivity (Wildman–Crippen MR) is 103 cm³/mol. The lowest BCUT2D eigenvalue weighted by Gasteiger charge is -2.07. The minimum absolute atomic E-state index is 0.291. The van der Waals surface area contributed by atoms with Crippen molar-refractivity contribution in [3.8, 4) is 11.5 Å². The van der Waals surface area contributed by atoms with Crippen LogP contribution in [-0.2, 0) is 5.75 Å². The number of carbonyl (C=O) groups is 1. The van der Waals surface area contributed by atoms with Crippen molar-refractivity contribution in [3.05, 3.63) is 59.1 Å². The molecule has 1 amide bonds.